The highest BCUT2D eigenvalue weighted by atomic mass is 19.1. The first-order valence-electron chi connectivity index (χ1n) is 7.43. The molecule has 114 valence electrons. The maximum absolute atomic E-state index is 14.4. The van der Waals surface area contributed by atoms with Gasteiger partial charge in [0.2, 0.25) is 0 Å². The number of benzene rings is 3. The molecular formula is C21H17FO. The second kappa shape index (κ2) is 6.93. The van der Waals surface area contributed by atoms with Crippen LogP contribution < -0.4 is 4.74 Å². The van der Waals surface area contributed by atoms with Crippen molar-refractivity contribution in [3.63, 3.8) is 0 Å². The standard InChI is InChI=1S/C21H17FO/c1-23-20-13-7-16(8-14-20)15-21(22)19-11-9-18(10-12-19)17-5-3-2-4-6-17/h2-15H,1H3/b21-15-. The van der Waals surface area contributed by atoms with Crippen molar-refractivity contribution in [2.75, 3.05) is 7.11 Å². The molecule has 3 aromatic carbocycles. The van der Waals surface area contributed by atoms with Gasteiger partial charge >= 0.3 is 0 Å². The van der Waals surface area contributed by atoms with Gasteiger partial charge in [0.05, 0.1) is 7.11 Å². The summed E-state index contributed by atoms with van der Waals surface area (Å²) in [6, 6.07) is 24.8. The van der Waals surface area contributed by atoms with Crippen LogP contribution in [0, 0.1) is 0 Å². The second-order valence-electron chi connectivity index (χ2n) is 5.21. The van der Waals surface area contributed by atoms with E-state index in [9.17, 15) is 4.39 Å². The molecule has 0 N–H and O–H groups in total. The third kappa shape index (κ3) is 3.67. The van der Waals surface area contributed by atoms with Crippen LogP contribution in [-0.2, 0) is 0 Å². The van der Waals surface area contributed by atoms with Gasteiger partial charge in [-0.25, -0.2) is 4.39 Å². The van der Waals surface area contributed by atoms with Crippen LogP contribution >= 0.6 is 0 Å². The predicted octanol–water partition coefficient (Wildman–Crippen LogP) is 5.83. The fourth-order valence-electron chi connectivity index (χ4n) is 2.38. The van der Waals surface area contributed by atoms with Crippen LogP contribution in [0.4, 0.5) is 4.39 Å². The van der Waals surface area contributed by atoms with Crippen molar-refractivity contribution in [1.82, 2.24) is 0 Å². The topological polar surface area (TPSA) is 9.23 Å². The molecule has 3 aromatic rings. The molecule has 0 aliphatic rings. The Hall–Kier alpha value is -2.87. The average molecular weight is 304 g/mol. The molecule has 2 heteroatoms. The van der Waals surface area contributed by atoms with Crippen molar-refractivity contribution in [3.05, 3.63) is 90.0 Å². The molecule has 0 saturated heterocycles. The number of hydrogen-bond acceptors (Lipinski definition) is 1. The number of hydrogen-bond donors (Lipinski definition) is 0. The van der Waals surface area contributed by atoms with E-state index in [-0.39, 0.29) is 5.83 Å². The van der Waals surface area contributed by atoms with Crippen molar-refractivity contribution < 1.29 is 9.13 Å². The van der Waals surface area contributed by atoms with Gasteiger partial charge in [-0.2, -0.15) is 0 Å². The Kier molecular flexibility index (Phi) is 4.53. The molecule has 23 heavy (non-hydrogen) atoms. The van der Waals surface area contributed by atoms with Gasteiger partial charge in [-0.1, -0.05) is 66.7 Å². The lowest BCUT2D eigenvalue weighted by Crippen LogP contribution is -1.83. The molecule has 0 bridgehead atoms. The van der Waals surface area contributed by atoms with Crippen LogP contribution in [0.2, 0.25) is 0 Å². The van der Waals surface area contributed by atoms with Gasteiger partial charge in [-0.3, -0.25) is 0 Å². The minimum absolute atomic E-state index is 0.255. The summed E-state index contributed by atoms with van der Waals surface area (Å²) in [7, 11) is 1.61. The zero-order valence-corrected chi connectivity index (χ0v) is 12.9. The van der Waals surface area contributed by atoms with Crippen molar-refractivity contribution in [2.45, 2.75) is 0 Å². The highest BCUT2D eigenvalue weighted by Gasteiger charge is 2.02. The molecular weight excluding hydrogens is 287 g/mol. The Labute approximate surface area is 135 Å². The molecule has 0 fully saturated rings. The third-order valence-electron chi connectivity index (χ3n) is 3.68. The SMILES string of the molecule is COc1ccc(/C=C(\F)c2ccc(-c3ccccc3)cc2)cc1. The van der Waals surface area contributed by atoms with Gasteiger partial charge in [-0.15, -0.1) is 0 Å². The summed E-state index contributed by atoms with van der Waals surface area (Å²) in [5.74, 6) is 0.504. The van der Waals surface area contributed by atoms with E-state index in [1.165, 1.54) is 6.08 Å². The highest BCUT2D eigenvalue weighted by molar-refractivity contribution is 5.78. The molecule has 0 unspecified atom stereocenters. The molecule has 0 heterocycles. The second-order valence-corrected chi connectivity index (χ2v) is 5.21. The first kappa shape index (κ1) is 15.0. The van der Waals surface area contributed by atoms with Crippen LogP contribution in [0.5, 0.6) is 5.75 Å². The monoisotopic (exact) mass is 304 g/mol. The maximum Gasteiger partial charge on any atom is 0.131 e. The van der Waals surface area contributed by atoms with Gasteiger partial charge in [0.15, 0.2) is 0 Å². The maximum atomic E-state index is 14.4. The Morgan fingerprint density at radius 3 is 2.00 bits per heavy atom. The Morgan fingerprint density at radius 1 is 0.783 bits per heavy atom. The molecule has 0 atom stereocenters. The number of halogens is 1. The minimum Gasteiger partial charge on any atom is -0.497 e. The lowest BCUT2D eigenvalue weighted by Gasteiger charge is -2.04. The minimum atomic E-state index is -0.255. The molecule has 1 nitrogen and oxygen atoms in total. The molecule has 0 aliphatic heterocycles. The van der Waals surface area contributed by atoms with Gasteiger partial charge in [0.1, 0.15) is 11.6 Å². The fraction of sp³-hybridized carbons (Fsp3) is 0.0476. The van der Waals surface area contributed by atoms with Gasteiger partial charge in [0.25, 0.3) is 0 Å². The first-order chi connectivity index (χ1) is 11.3. The Bertz CT molecular complexity index is 788. The van der Waals surface area contributed by atoms with Crippen LogP contribution in [0.1, 0.15) is 11.1 Å². The third-order valence-corrected chi connectivity index (χ3v) is 3.68. The van der Waals surface area contributed by atoms with Gasteiger partial charge < -0.3 is 4.74 Å². The van der Waals surface area contributed by atoms with E-state index in [0.29, 0.717) is 5.56 Å². The zero-order chi connectivity index (χ0) is 16.1. The molecule has 0 aromatic heterocycles. The summed E-state index contributed by atoms with van der Waals surface area (Å²) in [5, 5.41) is 0. The lowest BCUT2D eigenvalue weighted by atomic mass is 10.0. The molecule has 0 aliphatic carbocycles. The molecule has 3 rings (SSSR count). The molecule has 0 saturated carbocycles. The largest absolute Gasteiger partial charge is 0.497 e. The van der Waals surface area contributed by atoms with Crippen LogP contribution in [-0.4, -0.2) is 7.11 Å². The first-order valence-corrected chi connectivity index (χ1v) is 7.43. The van der Waals surface area contributed by atoms with Gasteiger partial charge in [-0.05, 0) is 34.9 Å². The predicted molar refractivity (Wildman–Crippen MR) is 93.9 cm³/mol. The van der Waals surface area contributed by atoms with E-state index < -0.39 is 0 Å². The lowest BCUT2D eigenvalue weighted by molar-refractivity contribution is 0.415. The summed E-state index contributed by atoms with van der Waals surface area (Å²) < 4.78 is 19.5. The average Bonchev–Trinajstić information content (AvgIpc) is 2.63. The van der Waals surface area contributed by atoms with Crippen LogP contribution in [0.25, 0.3) is 23.0 Å². The van der Waals surface area contributed by atoms with E-state index in [1.54, 1.807) is 19.2 Å². The van der Waals surface area contributed by atoms with E-state index in [4.69, 9.17) is 4.74 Å². The molecule has 0 radical (unpaired) electrons. The van der Waals surface area contributed by atoms with Crippen molar-refractivity contribution in [1.29, 1.82) is 0 Å². The summed E-state index contributed by atoms with van der Waals surface area (Å²) in [6.07, 6.45) is 1.52. The normalized spacial score (nSPS) is 11.3. The highest BCUT2D eigenvalue weighted by Crippen LogP contribution is 2.25. The summed E-state index contributed by atoms with van der Waals surface area (Å²) in [5.41, 5.74) is 3.57. The van der Waals surface area contributed by atoms with Crippen molar-refractivity contribution >= 4 is 11.9 Å². The molecule has 0 amide bonds. The summed E-state index contributed by atoms with van der Waals surface area (Å²) >= 11 is 0. The fourth-order valence-corrected chi connectivity index (χ4v) is 2.38. The van der Waals surface area contributed by atoms with E-state index in [0.717, 1.165) is 22.4 Å². The van der Waals surface area contributed by atoms with Gasteiger partial charge in [0, 0.05) is 5.56 Å². The Morgan fingerprint density at radius 2 is 1.39 bits per heavy atom. The zero-order valence-electron chi connectivity index (χ0n) is 12.9. The van der Waals surface area contributed by atoms with E-state index in [1.807, 2.05) is 66.7 Å². The van der Waals surface area contributed by atoms with Crippen molar-refractivity contribution in [2.24, 2.45) is 0 Å². The van der Waals surface area contributed by atoms with Crippen molar-refractivity contribution in [3.8, 4) is 16.9 Å². The summed E-state index contributed by atoms with van der Waals surface area (Å²) in [6.45, 7) is 0. The molecule has 0 spiro atoms. The number of rotatable bonds is 4. The van der Waals surface area contributed by atoms with E-state index in [2.05, 4.69) is 0 Å². The van der Waals surface area contributed by atoms with E-state index >= 15 is 0 Å². The quantitative estimate of drug-likeness (QED) is 0.551. The smallest absolute Gasteiger partial charge is 0.131 e. The number of methoxy groups -OCH3 is 1. The van der Waals surface area contributed by atoms with Crippen LogP contribution in [0.15, 0.2) is 78.9 Å². The summed E-state index contributed by atoms with van der Waals surface area (Å²) in [4.78, 5) is 0. The number of ether oxygens (including phenoxy) is 1. The Balaban J connectivity index is 1.81. The van der Waals surface area contributed by atoms with Crippen LogP contribution in [0.3, 0.4) is 0 Å².